The van der Waals surface area contributed by atoms with Crippen molar-refractivity contribution >= 4 is 17.1 Å². The zero-order valence-electron chi connectivity index (χ0n) is 11.9. The van der Waals surface area contributed by atoms with Crippen molar-refractivity contribution in [2.45, 2.75) is 6.61 Å². The molecule has 0 fully saturated rings. The van der Waals surface area contributed by atoms with Gasteiger partial charge in [0.2, 0.25) is 11.8 Å². The van der Waals surface area contributed by atoms with Crippen LogP contribution in [0.15, 0.2) is 36.4 Å². The number of hydrogen-bond donors (Lipinski definition) is 1. The summed E-state index contributed by atoms with van der Waals surface area (Å²) >= 11 is 0. The van der Waals surface area contributed by atoms with Crippen LogP contribution >= 0.6 is 0 Å². The number of benzene rings is 1. The van der Waals surface area contributed by atoms with E-state index in [1.807, 2.05) is 30.3 Å². The third-order valence-electron chi connectivity index (χ3n) is 3.19. The molecule has 6 heteroatoms. The lowest BCUT2D eigenvalue weighted by Crippen LogP contribution is -2.02. The zero-order valence-corrected chi connectivity index (χ0v) is 11.9. The van der Waals surface area contributed by atoms with Crippen LogP contribution in [0.2, 0.25) is 0 Å². The molecule has 0 aliphatic carbocycles. The van der Waals surface area contributed by atoms with E-state index in [1.165, 1.54) is 0 Å². The maximum Gasteiger partial charge on any atom is 0.215 e. The fourth-order valence-electron chi connectivity index (χ4n) is 2.28. The first-order chi connectivity index (χ1) is 10.2. The van der Waals surface area contributed by atoms with Crippen LogP contribution in [-0.2, 0) is 11.3 Å². The van der Waals surface area contributed by atoms with Crippen molar-refractivity contribution in [3.05, 3.63) is 42.0 Å². The van der Waals surface area contributed by atoms with Gasteiger partial charge in [0.1, 0.15) is 5.52 Å². The molecule has 6 nitrogen and oxygen atoms in total. The molecule has 0 saturated carbocycles. The predicted molar refractivity (Wildman–Crippen MR) is 80.5 cm³/mol. The molecule has 0 unspecified atom stereocenters. The van der Waals surface area contributed by atoms with E-state index in [0.717, 1.165) is 16.8 Å². The number of fused-ring (bicyclic) bond motifs is 1. The molecule has 2 N–H and O–H groups in total. The minimum absolute atomic E-state index is 0.389. The van der Waals surface area contributed by atoms with Gasteiger partial charge in [-0.25, -0.2) is 4.98 Å². The van der Waals surface area contributed by atoms with Crippen LogP contribution in [0, 0.1) is 0 Å². The summed E-state index contributed by atoms with van der Waals surface area (Å²) in [5.41, 5.74) is 9.38. The summed E-state index contributed by atoms with van der Waals surface area (Å²) in [5.74, 6) is 0.914. The van der Waals surface area contributed by atoms with Gasteiger partial charge in [0.15, 0.2) is 5.65 Å². The molecule has 0 saturated heterocycles. The van der Waals surface area contributed by atoms with Crippen molar-refractivity contribution < 1.29 is 9.47 Å². The molecular formula is C15H16N4O2. The summed E-state index contributed by atoms with van der Waals surface area (Å²) < 4.78 is 12.1. The standard InChI is InChI=1S/C15H16N4O2/c1-20-9-10-4-3-5-11(8-10)19-14-12(17-15(19)16)6-7-13(18-14)21-2/h3-8H,9H2,1-2H3,(H2,16,17). The molecule has 0 amide bonds. The minimum atomic E-state index is 0.389. The molecule has 0 bridgehead atoms. The lowest BCUT2D eigenvalue weighted by atomic mass is 10.2. The summed E-state index contributed by atoms with van der Waals surface area (Å²) in [7, 11) is 3.25. The molecule has 21 heavy (non-hydrogen) atoms. The Morgan fingerprint density at radius 1 is 1.14 bits per heavy atom. The average molecular weight is 284 g/mol. The second-order valence-electron chi connectivity index (χ2n) is 4.60. The van der Waals surface area contributed by atoms with Gasteiger partial charge in [0, 0.05) is 13.2 Å². The van der Waals surface area contributed by atoms with E-state index in [4.69, 9.17) is 15.2 Å². The van der Waals surface area contributed by atoms with Crippen LogP contribution < -0.4 is 10.5 Å². The van der Waals surface area contributed by atoms with E-state index in [2.05, 4.69) is 9.97 Å². The van der Waals surface area contributed by atoms with Gasteiger partial charge in [-0.15, -0.1) is 0 Å². The summed E-state index contributed by atoms with van der Waals surface area (Å²) in [6.07, 6.45) is 0. The fraction of sp³-hybridized carbons (Fsp3) is 0.200. The van der Waals surface area contributed by atoms with Crippen molar-refractivity contribution in [2.24, 2.45) is 0 Å². The van der Waals surface area contributed by atoms with Crippen molar-refractivity contribution in [2.75, 3.05) is 20.0 Å². The van der Waals surface area contributed by atoms with Gasteiger partial charge < -0.3 is 15.2 Å². The zero-order chi connectivity index (χ0) is 14.8. The largest absolute Gasteiger partial charge is 0.481 e. The van der Waals surface area contributed by atoms with E-state index in [0.29, 0.717) is 24.1 Å². The molecule has 0 aliphatic heterocycles. The number of rotatable bonds is 4. The minimum Gasteiger partial charge on any atom is -0.481 e. The first kappa shape index (κ1) is 13.4. The quantitative estimate of drug-likeness (QED) is 0.794. The highest BCUT2D eigenvalue weighted by Gasteiger charge is 2.12. The number of nitrogens with zero attached hydrogens (tertiary/aromatic N) is 3. The number of anilines is 1. The third kappa shape index (κ3) is 2.41. The number of imidazole rings is 1. The number of nitrogens with two attached hydrogens (primary N) is 1. The van der Waals surface area contributed by atoms with Crippen molar-refractivity contribution in [3.8, 4) is 11.6 Å². The topological polar surface area (TPSA) is 75.2 Å². The maximum absolute atomic E-state index is 6.04. The molecule has 0 spiro atoms. The summed E-state index contributed by atoms with van der Waals surface area (Å²) in [4.78, 5) is 8.77. The SMILES string of the molecule is COCc1cccc(-n2c(N)nc3ccc(OC)nc32)c1. The summed E-state index contributed by atoms with van der Waals surface area (Å²) in [5, 5.41) is 0. The van der Waals surface area contributed by atoms with Crippen molar-refractivity contribution in [3.63, 3.8) is 0 Å². The number of methoxy groups -OCH3 is 2. The van der Waals surface area contributed by atoms with Crippen molar-refractivity contribution in [1.29, 1.82) is 0 Å². The van der Waals surface area contributed by atoms with Gasteiger partial charge in [0.25, 0.3) is 0 Å². The summed E-state index contributed by atoms with van der Waals surface area (Å²) in [6.45, 7) is 0.539. The molecular weight excluding hydrogens is 268 g/mol. The van der Waals surface area contributed by atoms with Crippen LogP contribution in [0.3, 0.4) is 0 Å². The Labute approximate surface area is 122 Å². The van der Waals surface area contributed by atoms with Gasteiger partial charge in [-0.2, -0.15) is 4.98 Å². The molecule has 2 aromatic heterocycles. The smallest absolute Gasteiger partial charge is 0.215 e. The lowest BCUT2D eigenvalue weighted by Gasteiger charge is -2.08. The number of hydrogen-bond acceptors (Lipinski definition) is 5. The molecule has 0 atom stereocenters. The Kier molecular flexibility index (Phi) is 3.45. The van der Waals surface area contributed by atoms with Gasteiger partial charge in [0.05, 0.1) is 19.4 Å². The highest BCUT2D eigenvalue weighted by molar-refractivity contribution is 5.77. The van der Waals surface area contributed by atoms with Crippen LogP contribution in [-0.4, -0.2) is 28.8 Å². The highest BCUT2D eigenvalue weighted by Crippen LogP contribution is 2.24. The highest BCUT2D eigenvalue weighted by atomic mass is 16.5. The Morgan fingerprint density at radius 3 is 2.76 bits per heavy atom. The Morgan fingerprint density at radius 2 is 2.00 bits per heavy atom. The van der Waals surface area contributed by atoms with Crippen LogP contribution in [0.1, 0.15) is 5.56 Å². The first-order valence-electron chi connectivity index (χ1n) is 6.50. The lowest BCUT2D eigenvalue weighted by molar-refractivity contribution is 0.185. The third-order valence-corrected chi connectivity index (χ3v) is 3.19. The van der Waals surface area contributed by atoms with Gasteiger partial charge in [-0.1, -0.05) is 12.1 Å². The van der Waals surface area contributed by atoms with Gasteiger partial charge >= 0.3 is 0 Å². The first-order valence-corrected chi connectivity index (χ1v) is 6.50. The van der Waals surface area contributed by atoms with E-state index >= 15 is 0 Å². The number of pyridine rings is 1. The second kappa shape index (κ2) is 5.41. The van der Waals surface area contributed by atoms with E-state index in [1.54, 1.807) is 24.9 Å². The Balaban J connectivity index is 2.18. The average Bonchev–Trinajstić information content (AvgIpc) is 2.82. The van der Waals surface area contributed by atoms with Gasteiger partial charge in [-0.05, 0) is 23.8 Å². The van der Waals surface area contributed by atoms with Crippen molar-refractivity contribution in [1.82, 2.24) is 14.5 Å². The summed E-state index contributed by atoms with van der Waals surface area (Å²) in [6, 6.07) is 11.5. The molecule has 3 aromatic rings. The van der Waals surface area contributed by atoms with E-state index in [9.17, 15) is 0 Å². The molecule has 0 radical (unpaired) electrons. The van der Waals surface area contributed by atoms with Crippen LogP contribution in [0.5, 0.6) is 5.88 Å². The molecule has 2 heterocycles. The predicted octanol–water partition coefficient (Wildman–Crippen LogP) is 2.16. The molecule has 3 rings (SSSR count). The number of aromatic nitrogens is 3. The molecule has 1 aromatic carbocycles. The normalized spacial score (nSPS) is 11.0. The number of ether oxygens (including phenoxy) is 2. The molecule has 0 aliphatic rings. The van der Waals surface area contributed by atoms with Crippen LogP contribution in [0.4, 0.5) is 5.95 Å². The van der Waals surface area contributed by atoms with E-state index < -0.39 is 0 Å². The maximum atomic E-state index is 6.04. The monoisotopic (exact) mass is 284 g/mol. The van der Waals surface area contributed by atoms with Gasteiger partial charge in [-0.3, -0.25) is 4.57 Å². The van der Waals surface area contributed by atoms with Crippen LogP contribution in [0.25, 0.3) is 16.9 Å². The fourth-order valence-corrected chi connectivity index (χ4v) is 2.28. The number of nitrogen functional groups attached to an aromatic ring is 1. The Hall–Kier alpha value is -2.60. The molecule has 108 valence electrons. The Bertz CT molecular complexity index is 782. The second-order valence-corrected chi connectivity index (χ2v) is 4.60. The van der Waals surface area contributed by atoms with E-state index in [-0.39, 0.29) is 0 Å².